The molecule has 1 aliphatic carbocycles. The molecule has 1 aliphatic rings. The third-order valence-corrected chi connectivity index (χ3v) is 3.82. The highest BCUT2D eigenvalue weighted by Gasteiger charge is 2.19. The van der Waals surface area contributed by atoms with Crippen molar-refractivity contribution in [2.75, 3.05) is 18.9 Å². The van der Waals surface area contributed by atoms with Crippen LogP contribution in [0, 0.1) is 5.92 Å². The van der Waals surface area contributed by atoms with Crippen LogP contribution in [-0.2, 0) is 11.2 Å². The number of rotatable bonds is 4. The molecule has 0 radical (unpaired) electrons. The third-order valence-electron chi connectivity index (χ3n) is 3.82. The highest BCUT2D eigenvalue weighted by atomic mass is 16.4. The lowest BCUT2D eigenvalue weighted by Crippen LogP contribution is -2.36. The van der Waals surface area contributed by atoms with Crippen molar-refractivity contribution in [2.24, 2.45) is 5.92 Å². The van der Waals surface area contributed by atoms with E-state index in [1.54, 1.807) is 26.1 Å². The van der Waals surface area contributed by atoms with E-state index in [0.717, 1.165) is 24.0 Å². The van der Waals surface area contributed by atoms with E-state index in [-0.39, 0.29) is 18.4 Å². The number of carbonyl (C=O) groups excluding carboxylic acids is 2. The van der Waals surface area contributed by atoms with Gasteiger partial charge in [0.05, 0.1) is 5.92 Å². The van der Waals surface area contributed by atoms with Gasteiger partial charge in [-0.15, -0.1) is 0 Å². The number of amides is 2. The Morgan fingerprint density at radius 1 is 1.36 bits per heavy atom. The van der Waals surface area contributed by atoms with E-state index in [2.05, 4.69) is 5.32 Å². The fraction of sp³-hybridized carbons (Fsp3) is 0.438. The maximum Gasteiger partial charge on any atom is 0.321 e. The van der Waals surface area contributed by atoms with E-state index in [9.17, 15) is 14.4 Å². The minimum Gasteiger partial charge on any atom is -0.481 e. The number of hydrogen-bond donors (Lipinski definition) is 2. The zero-order valence-corrected chi connectivity index (χ0v) is 12.8. The molecule has 0 saturated carbocycles. The maximum absolute atomic E-state index is 12.1. The number of hydrogen-bond acceptors (Lipinski definition) is 3. The van der Waals surface area contributed by atoms with Gasteiger partial charge in [-0.1, -0.05) is 6.92 Å². The van der Waals surface area contributed by atoms with E-state index in [1.807, 2.05) is 6.07 Å². The van der Waals surface area contributed by atoms with Crippen LogP contribution in [0.4, 0.5) is 10.5 Å². The van der Waals surface area contributed by atoms with Gasteiger partial charge in [-0.2, -0.15) is 0 Å². The average molecular weight is 304 g/mol. The number of carboxylic acids is 1. The molecule has 0 heterocycles. The Bertz CT molecular complexity index is 612. The summed E-state index contributed by atoms with van der Waals surface area (Å²) in [5, 5.41) is 11.6. The van der Waals surface area contributed by atoms with Crippen LogP contribution in [0.2, 0.25) is 0 Å². The Morgan fingerprint density at radius 3 is 2.77 bits per heavy atom. The molecule has 1 aromatic carbocycles. The second-order valence-corrected chi connectivity index (χ2v) is 5.70. The normalized spacial score (nSPS) is 14.9. The summed E-state index contributed by atoms with van der Waals surface area (Å²) < 4.78 is 0. The monoisotopic (exact) mass is 304 g/mol. The van der Waals surface area contributed by atoms with Gasteiger partial charge in [-0.05, 0) is 36.6 Å². The molecule has 2 amide bonds. The van der Waals surface area contributed by atoms with Crippen molar-refractivity contribution < 1.29 is 19.5 Å². The van der Waals surface area contributed by atoms with Crippen molar-refractivity contribution in [1.29, 1.82) is 0 Å². The van der Waals surface area contributed by atoms with E-state index < -0.39 is 11.9 Å². The molecule has 0 aliphatic heterocycles. The Morgan fingerprint density at radius 2 is 2.09 bits per heavy atom. The lowest BCUT2D eigenvalue weighted by Gasteiger charge is -2.21. The van der Waals surface area contributed by atoms with Crippen LogP contribution in [0.3, 0.4) is 0 Å². The number of aliphatic carboxylic acids is 1. The molecular formula is C16H20N2O4. The summed E-state index contributed by atoms with van der Waals surface area (Å²) in [4.78, 5) is 36.0. The van der Waals surface area contributed by atoms with Crippen molar-refractivity contribution in [3.8, 4) is 0 Å². The molecule has 1 aromatic rings. The number of anilines is 1. The van der Waals surface area contributed by atoms with Crippen LogP contribution < -0.4 is 5.32 Å². The summed E-state index contributed by atoms with van der Waals surface area (Å²) in [5.74, 6) is -1.42. The zero-order valence-electron chi connectivity index (χ0n) is 12.8. The Balaban J connectivity index is 2.03. The van der Waals surface area contributed by atoms with Gasteiger partial charge < -0.3 is 15.3 Å². The largest absolute Gasteiger partial charge is 0.481 e. The quantitative estimate of drug-likeness (QED) is 0.894. The molecule has 22 heavy (non-hydrogen) atoms. The fourth-order valence-corrected chi connectivity index (χ4v) is 2.52. The molecule has 0 fully saturated rings. The van der Waals surface area contributed by atoms with Crippen molar-refractivity contribution in [3.05, 3.63) is 29.3 Å². The summed E-state index contributed by atoms with van der Waals surface area (Å²) in [7, 11) is 1.55. The van der Waals surface area contributed by atoms with Gasteiger partial charge >= 0.3 is 12.0 Å². The first-order valence-corrected chi connectivity index (χ1v) is 7.29. The van der Waals surface area contributed by atoms with Gasteiger partial charge in [0.1, 0.15) is 0 Å². The van der Waals surface area contributed by atoms with Gasteiger partial charge in [0, 0.05) is 31.3 Å². The number of ketones is 1. The van der Waals surface area contributed by atoms with Crippen LogP contribution in [-0.4, -0.2) is 41.4 Å². The number of carbonyl (C=O) groups is 3. The van der Waals surface area contributed by atoms with Crippen LogP contribution in [0.15, 0.2) is 18.2 Å². The summed E-state index contributed by atoms with van der Waals surface area (Å²) in [6.07, 6.45) is 2.24. The van der Waals surface area contributed by atoms with Crippen molar-refractivity contribution in [1.82, 2.24) is 4.90 Å². The smallest absolute Gasteiger partial charge is 0.321 e. The van der Waals surface area contributed by atoms with Gasteiger partial charge in [0.2, 0.25) is 0 Å². The zero-order chi connectivity index (χ0) is 16.3. The SMILES string of the molecule is CC(CN(C)C(=O)Nc1ccc2c(c1)CCCC2=O)C(=O)O. The highest BCUT2D eigenvalue weighted by Crippen LogP contribution is 2.24. The number of nitrogens with zero attached hydrogens (tertiary/aromatic N) is 1. The Kier molecular flexibility index (Phi) is 4.80. The standard InChI is InChI=1S/C16H20N2O4/c1-10(15(20)21)9-18(2)16(22)17-12-6-7-13-11(8-12)4-3-5-14(13)19/h6-8,10H,3-5,9H2,1-2H3,(H,17,22)(H,20,21). The van der Waals surface area contributed by atoms with Crippen molar-refractivity contribution in [3.63, 3.8) is 0 Å². The summed E-state index contributed by atoms with van der Waals surface area (Å²) in [5.41, 5.74) is 2.31. The molecule has 0 saturated heterocycles. The topological polar surface area (TPSA) is 86.7 Å². The summed E-state index contributed by atoms with van der Waals surface area (Å²) in [6.45, 7) is 1.68. The molecule has 118 valence electrons. The first-order chi connectivity index (χ1) is 10.4. The average Bonchev–Trinajstić information content (AvgIpc) is 2.47. The molecule has 6 heteroatoms. The number of carboxylic acid groups (broad SMARTS) is 1. The van der Waals surface area contributed by atoms with Gasteiger partial charge in [0.15, 0.2) is 5.78 Å². The Hall–Kier alpha value is -2.37. The second-order valence-electron chi connectivity index (χ2n) is 5.70. The van der Waals surface area contributed by atoms with Gasteiger partial charge in [0.25, 0.3) is 0 Å². The number of aryl methyl sites for hydroxylation is 1. The lowest BCUT2D eigenvalue weighted by molar-refractivity contribution is -0.141. The van der Waals surface area contributed by atoms with E-state index in [4.69, 9.17) is 5.11 Å². The first-order valence-electron chi connectivity index (χ1n) is 7.29. The van der Waals surface area contributed by atoms with Crippen LogP contribution >= 0.6 is 0 Å². The van der Waals surface area contributed by atoms with E-state index in [0.29, 0.717) is 12.1 Å². The lowest BCUT2D eigenvalue weighted by atomic mass is 9.90. The van der Waals surface area contributed by atoms with Crippen molar-refractivity contribution >= 4 is 23.5 Å². The minimum atomic E-state index is -0.938. The van der Waals surface area contributed by atoms with Crippen LogP contribution in [0.25, 0.3) is 0 Å². The number of Topliss-reactive ketones (excluding diaryl/α,β-unsaturated/α-hetero) is 1. The molecule has 2 rings (SSSR count). The molecule has 0 aromatic heterocycles. The number of fused-ring (bicyclic) bond motifs is 1. The minimum absolute atomic E-state index is 0.130. The molecule has 1 unspecified atom stereocenters. The predicted molar refractivity (Wildman–Crippen MR) is 82.2 cm³/mol. The van der Waals surface area contributed by atoms with Gasteiger partial charge in [-0.3, -0.25) is 9.59 Å². The highest BCUT2D eigenvalue weighted by molar-refractivity contribution is 5.99. The summed E-state index contributed by atoms with van der Waals surface area (Å²) >= 11 is 0. The van der Waals surface area contributed by atoms with Crippen LogP contribution in [0.1, 0.15) is 35.7 Å². The molecule has 0 spiro atoms. The third kappa shape index (κ3) is 3.63. The summed E-state index contributed by atoms with van der Waals surface area (Å²) in [6, 6.07) is 4.90. The number of urea groups is 1. The maximum atomic E-state index is 12.1. The van der Waals surface area contributed by atoms with Gasteiger partial charge in [-0.25, -0.2) is 4.79 Å². The fourth-order valence-electron chi connectivity index (χ4n) is 2.52. The predicted octanol–water partition coefficient (Wildman–Crippen LogP) is 2.39. The molecule has 6 nitrogen and oxygen atoms in total. The molecule has 0 bridgehead atoms. The Labute approximate surface area is 129 Å². The van der Waals surface area contributed by atoms with Crippen LogP contribution in [0.5, 0.6) is 0 Å². The van der Waals surface area contributed by atoms with E-state index in [1.165, 1.54) is 4.90 Å². The first kappa shape index (κ1) is 16.0. The molecule has 1 atom stereocenters. The molecular weight excluding hydrogens is 284 g/mol. The number of benzene rings is 1. The van der Waals surface area contributed by atoms with Crippen molar-refractivity contribution in [2.45, 2.75) is 26.2 Å². The number of nitrogens with one attached hydrogen (secondary N) is 1. The second kappa shape index (κ2) is 6.60. The van der Waals surface area contributed by atoms with E-state index >= 15 is 0 Å². The molecule has 2 N–H and O–H groups in total.